The number of rotatable bonds is 6. The molecule has 0 saturated heterocycles. The molecule has 2 aromatic heterocycles. The highest BCUT2D eigenvalue weighted by molar-refractivity contribution is 6.32. The van der Waals surface area contributed by atoms with Crippen molar-refractivity contribution in [3.05, 3.63) is 81.0 Å². The molecule has 8 heteroatoms. The first-order chi connectivity index (χ1) is 14.5. The molecule has 0 atom stereocenters. The fraction of sp³-hybridized carbons (Fsp3) is 0.182. The van der Waals surface area contributed by atoms with E-state index in [2.05, 4.69) is 10.1 Å². The fourth-order valence-corrected chi connectivity index (χ4v) is 3.13. The van der Waals surface area contributed by atoms with Crippen molar-refractivity contribution in [3.63, 3.8) is 0 Å². The van der Waals surface area contributed by atoms with Crippen LogP contribution in [0.15, 0.2) is 62.3 Å². The van der Waals surface area contributed by atoms with E-state index in [1.807, 2.05) is 37.3 Å². The smallest absolute Gasteiger partial charge is 0.336 e. The highest BCUT2D eigenvalue weighted by Crippen LogP contribution is 2.25. The van der Waals surface area contributed by atoms with Crippen molar-refractivity contribution in [2.24, 2.45) is 0 Å². The zero-order chi connectivity index (χ0) is 21.1. The van der Waals surface area contributed by atoms with E-state index in [1.54, 1.807) is 12.1 Å². The molecule has 0 radical (unpaired) electrons. The number of hydrogen-bond donors (Lipinski definition) is 0. The number of fused-ring (bicyclic) bond motifs is 1. The van der Waals surface area contributed by atoms with E-state index in [9.17, 15) is 9.59 Å². The fourth-order valence-electron chi connectivity index (χ4n) is 2.97. The van der Waals surface area contributed by atoms with Crippen LogP contribution in [0.3, 0.4) is 0 Å². The summed E-state index contributed by atoms with van der Waals surface area (Å²) in [5.41, 5.74) is 2.03. The Bertz CT molecular complexity index is 1260. The number of aromatic nitrogens is 2. The molecule has 0 amide bonds. The Hall–Kier alpha value is -3.45. The van der Waals surface area contributed by atoms with Crippen molar-refractivity contribution in [2.45, 2.75) is 26.4 Å². The van der Waals surface area contributed by atoms with Crippen LogP contribution in [-0.4, -0.2) is 16.1 Å². The molecule has 4 aromatic rings. The first-order valence-electron chi connectivity index (χ1n) is 9.26. The lowest BCUT2D eigenvalue weighted by Gasteiger charge is -2.08. The molecule has 152 valence electrons. The molecule has 0 aliphatic heterocycles. The third-order valence-corrected chi connectivity index (χ3v) is 4.95. The Labute approximate surface area is 176 Å². The zero-order valence-corrected chi connectivity index (χ0v) is 16.8. The molecule has 7 nitrogen and oxygen atoms in total. The van der Waals surface area contributed by atoms with E-state index < -0.39 is 11.6 Å². The second-order valence-corrected chi connectivity index (χ2v) is 7.13. The third-order valence-electron chi connectivity index (χ3n) is 4.54. The van der Waals surface area contributed by atoms with Gasteiger partial charge in [-0.25, -0.2) is 4.79 Å². The molecular formula is C22H17ClN2O5. The van der Waals surface area contributed by atoms with Gasteiger partial charge in [-0.15, -0.1) is 0 Å². The maximum Gasteiger partial charge on any atom is 0.336 e. The molecule has 0 fully saturated rings. The SMILES string of the molecule is Cc1cc2oc(=O)cc(COC(=O)CCc3nc(-c4ccccc4)no3)c2cc1Cl. The highest BCUT2D eigenvalue weighted by atomic mass is 35.5. The third kappa shape index (κ3) is 4.41. The number of hydrogen-bond acceptors (Lipinski definition) is 7. The largest absolute Gasteiger partial charge is 0.461 e. The Morgan fingerprint density at radius 1 is 1.17 bits per heavy atom. The average Bonchev–Trinajstić information content (AvgIpc) is 3.21. The molecule has 0 aliphatic rings. The van der Waals surface area contributed by atoms with Crippen LogP contribution in [0.25, 0.3) is 22.4 Å². The van der Waals surface area contributed by atoms with Crippen LogP contribution in [0.4, 0.5) is 0 Å². The van der Waals surface area contributed by atoms with Gasteiger partial charge < -0.3 is 13.7 Å². The van der Waals surface area contributed by atoms with E-state index in [0.29, 0.717) is 33.3 Å². The van der Waals surface area contributed by atoms with Gasteiger partial charge in [0.1, 0.15) is 12.2 Å². The Morgan fingerprint density at radius 3 is 2.77 bits per heavy atom. The van der Waals surface area contributed by atoms with E-state index in [1.165, 1.54) is 6.07 Å². The predicted molar refractivity (Wildman–Crippen MR) is 110 cm³/mol. The normalized spacial score (nSPS) is 11.0. The summed E-state index contributed by atoms with van der Waals surface area (Å²) < 4.78 is 15.7. The molecular weight excluding hydrogens is 408 g/mol. The monoisotopic (exact) mass is 424 g/mol. The van der Waals surface area contributed by atoms with E-state index >= 15 is 0 Å². The van der Waals surface area contributed by atoms with Crippen molar-refractivity contribution in [2.75, 3.05) is 0 Å². The Balaban J connectivity index is 1.39. The van der Waals surface area contributed by atoms with Gasteiger partial charge in [-0.2, -0.15) is 4.98 Å². The molecule has 0 unspecified atom stereocenters. The van der Waals surface area contributed by atoms with Gasteiger partial charge in [-0.05, 0) is 24.6 Å². The molecule has 2 aromatic carbocycles. The number of nitrogens with zero attached hydrogens (tertiary/aromatic N) is 2. The van der Waals surface area contributed by atoms with Crippen LogP contribution >= 0.6 is 11.6 Å². The van der Waals surface area contributed by atoms with E-state index in [-0.39, 0.29) is 19.4 Å². The van der Waals surface area contributed by atoms with Crippen molar-refractivity contribution < 1.29 is 18.5 Å². The molecule has 30 heavy (non-hydrogen) atoms. The second-order valence-electron chi connectivity index (χ2n) is 6.73. The minimum absolute atomic E-state index is 0.0651. The minimum atomic E-state index is -0.519. The van der Waals surface area contributed by atoms with Gasteiger partial charge in [0, 0.05) is 34.0 Å². The summed E-state index contributed by atoms with van der Waals surface area (Å²) in [6, 6.07) is 14.1. The summed E-state index contributed by atoms with van der Waals surface area (Å²) in [5.74, 6) is 0.363. The molecule has 2 heterocycles. The van der Waals surface area contributed by atoms with Gasteiger partial charge in [-0.1, -0.05) is 47.1 Å². The maximum atomic E-state index is 12.2. The lowest BCUT2D eigenvalue weighted by atomic mass is 10.1. The number of carbonyl (C=O) groups is 1. The van der Waals surface area contributed by atoms with Gasteiger partial charge in [0.05, 0.1) is 6.42 Å². The van der Waals surface area contributed by atoms with E-state index in [0.717, 1.165) is 11.1 Å². The maximum absolute atomic E-state index is 12.2. The number of carbonyl (C=O) groups excluding carboxylic acids is 1. The minimum Gasteiger partial charge on any atom is -0.461 e. The lowest BCUT2D eigenvalue weighted by Crippen LogP contribution is -2.08. The van der Waals surface area contributed by atoms with Gasteiger partial charge in [0.15, 0.2) is 0 Å². The van der Waals surface area contributed by atoms with Crippen molar-refractivity contribution >= 4 is 28.5 Å². The molecule has 0 bridgehead atoms. The van der Waals surface area contributed by atoms with Gasteiger partial charge in [0.25, 0.3) is 0 Å². The molecule has 0 saturated carbocycles. The lowest BCUT2D eigenvalue weighted by molar-refractivity contribution is -0.145. The molecule has 0 aliphatic carbocycles. The summed E-state index contributed by atoms with van der Waals surface area (Å²) in [6.07, 6.45) is 0.316. The first-order valence-corrected chi connectivity index (χ1v) is 9.64. The number of esters is 1. The molecule has 0 spiro atoms. The standard InChI is InChI=1S/C22H17ClN2O5/c1-13-9-18-16(11-17(13)23)15(10-21(27)29-18)12-28-20(26)8-7-19-24-22(25-30-19)14-5-3-2-4-6-14/h2-6,9-11H,7-8,12H2,1H3. The van der Waals surface area contributed by atoms with Crippen LogP contribution < -0.4 is 5.63 Å². The number of benzene rings is 2. The van der Waals surface area contributed by atoms with Crippen LogP contribution in [0.5, 0.6) is 0 Å². The van der Waals surface area contributed by atoms with E-state index in [4.69, 9.17) is 25.3 Å². The Morgan fingerprint density at radius 2 is 1.97 bits per heavy atom. The summed E-state index contributed by atoms with van der Waals surface area (Å²) in [7, 11) is 0. The zero-order valence-electron chi connectivity index (χ0n) is 16.1. The first kappa shape index (κ1) is 19.8. The molecule has 4 rings (SSSR count). The molecule has 0 N–H and O–H groups in total. The van der Waals surface area contributed by atoms with Crippen LogP contribution in [0.2, 0.25) is 5.02 Å². The number of ether oxygens (including phenoxy) is 1. The number of aryl methyl sites for hydroxylation is 2. The predicted octanol–water partition coefficient (Wildman–Crippen LogP) is 4.48. The van der Waals surface area contributed by atoms with Crippen LogP contribution in [0.1, 0.15) is 23.4 Å². The summed E-state index contributed by atoms with van der Waals surface area (Å²) in [4.78, 5) is 28.3. The van der Waals surface area contributed by atoms with Crippen molar-refractivity contribution in [1.29, 1.82) is 0 Å². The van der Waals surface area contributed by atoms with Gasteiger partial charge in [0.2, 0.25) is 11.7 Å². The average molecular weight is 425 g/mol. The summed E-state index contributed by atoms with van der Waals surface area (Å²) in [5, 5.41) is 5.09. The summed E-state index contributed by atoms with van der Waals surface area (Å²) >= 11 is 6.18. The number of halogens is 1. The van der Waals surface area contributed by atoms with Gasteiger partial charge in [-0.3, -0.25) is 4.79 Å². The second kappa shape index (κ2) is 8.51. The van der Waals surface area contributed by atoms with Crippen LogP contribution in [-0.2, 0) is 22.6 Å². The Kier molecular flexibility index (Phi) is 5.63. The quantitative estimate of drug-likeness (QED) is 0.332. The van der Waals surface area contributed by atoms with Crippen molar-refractivity contribution in [3.8, 4) is 11.4 Å². The van der Waals surface area contributed by atoms with Crippen molar-refractivity contribution in [1.82, 2.24) is 10.1 Å². The van der Waals surface area contributed by atoms with Gasteiger partial charge >= 0.3 is 11.6 Å². The highest BCUT2D eigenvalue weighted by Gasteiger charge is 2.13. The topological polar surface area (TPSA) is 95.4 Å². The summed E-state index contributed by atoms with van der Waals surface area (Å²) in [6.45, 7) is 1.74. The van der Waals surface area contributed by atoms with Crippen LogP contribution in [0, 0.1) is 6.92 Å².